The lowest BCUT2D eigenvalue weighted by Gasteiger charge is -2.38. The summed E-state index contributed by atoms with van der Waals surface area (Å²) >= 11 is 0. The van der Waals surface area contributed by atoms with Gasteiger partial charge >= 0.3 is 12.1 Å². The van der Waals surface area contributed by atoms with Gasteiger partial charge in [-0.2, -0.15) is 0 Å². The highest BCUT2D eigenvalue weighted by atomic mass is 19.3. The average Bonchev–Trinajstić information content (AvgIpc) is 3.51. The summed E-state index contributed by atoms with van der Waals surface area (Å²) in [4.78, 5) is 54.2. The number of ketones is 1. The predicted octanol–water partition coefficient (Wildman–Crippen LogP) is 3.11. The van der Waals surface area contributed by atoms with Crippen molar-refractivity contribution in [1.29, 1.82) is 0 Å². The number of amides is 4. The summed E-state index contributed by atoms with van der Waals surface area (Å²) in [6.07, 6.45) is 5.71. The van der Waals surface area contributed by atoms with Gasteiger partial charge in [-0.25, -0.2) is 18.4 Å². The molecule has 0 aromatic rings. The van der Waals surface area contributed by atoms with E-state index in [4.69, 9.17) is 4.74 Å². The maximum absolute atomic E-state index is 13.7. The molecule has 5 rings (SSSR count). The van der Waals surface area contributed by atoms with E-state index in [0.29, 0.717) is 31.3 Å². The van der Waals surface area contributed by atoms with Crippen LogP contribution in [-0.2, 0) is 14.3 Å². The number of carbonyl (C=O) groups excluding carboxylic acids is 4. The molecule has 4 amide bonds. The summed E-state index contributed by atoms with van der Waals surface area (Å²) < 4.78 is 33.2. The molecule has 202 valence electrons. The van der Waals surface area contributed by atoms with E-state index in [0.717, 1.165) is 12.8 Å². The van der Waals surface area contributed by atoms with Crippen molar-refractivity contribution in [3.63, 3.8) is 0 Å². The van der Waals surface area contributed by atoms with E-state index in [9.17, 15) is 28.0 Å². The number of ether oxygens (including phenoxy) is 1. The number of nitrogens with one attached hydrogen (secondary N) is 2. The van der Waals surface area contributed by atoms with Gasteiger partial charge in [0.05, 0.1) is 12.2 Å². The molecule has 4 atom stereocenters. The molecule has 1 spiro atoms. The molecule has 5 aliphatic rings. The largest absolute Gasteiger partial charge is 0.436 e. The molecule has 2 heterocycles. The summed E-state index contributed by atoms with van der Waals surface area (Å²) in [6.45, 7) is 1.99. The molecule has 2 saturated heterocycles. The first kappa shape index (κ1) is 25.7. The summed E-state index contributed by atoms with van der Waals surface area (Å²) in [5, 5.41) is 4.95. The van der Waals surface area contributed by atoms with E-state index in [1.807, 2.05) is 11.8 Å². The van der Waals surface area contributed by atoms with Crippen LogP contribution in [0.4, 0.5) is 18.4 Å². The van der Waals surface area contributed by atoms with Crippen LogP contribution in [0.25, 0.3) is 0 Å². The van der Waals surface area contributed by atoms with E-state index >= 15 is 0 Å². The summed E-state index contributed by atoms with van der Waals surface area (Å²) in [6, 6.07) is -0.590. The Morgan fingerprint density at radius 1 is 1.08 bits per heavy atom. The zero-order valence-corrected chi connectivity index (χ0v) is 21.2. The van der Waals surface area contributed by atoms with Gasteiger partial charge in [-0.05, 0) is 63.0 Å². The Hall–Kier alpha value is -2.98. The molecule has 3 aliphatic carbocycles. The van der Waals surface area contributed by atoms with Crippen LogP contribution in [0.3, 0.4) is 0 Å². The third kappa shape index (κ3) is 4.61. The predicted molar refractivity (Wildman–Crippen MR) is 129 cm³/mol. The highest BCUT2D eigenvalue weighted by molar-refractivity contribution is 6.03. The lowest BCUT2D eigenvalue weighted by Crippen LogP contribution is -2.49. The summed E-state index contributed by atoms with van der Waals surface area (Å²) in [5.41, 5.74) is -0.0904. The Kier molecular flexibility index (Phi) is 6.52. The Bertz CT molecular complexity index is 1070. The van der Waals surface area contributed by atoms with Crippen LogP contribution in [0.5, 0.6) is 0 Å². The maximum atomic E-state index is 13.7. The highest BCUT2D eigenvalue weighted by Gasteiger charge is 2.56. The second-order valence-corrected chi connectivity index (χ2v) is 11.1. The molecule has 2 N–H and O–H groups in total. The van der Waals surface area contributed by atoms with E-state index in [1.165, 1.54) is 18.0 Å². The quantitative estimate of drug-likeness (QED) is 0.592. The zero-order valence-electron chi connectivity index (χ0n) is 21.2. The van der Waals surface area contributed by atoms with Crippen LogP contribution in [0.1, 0.15) is 58.3 Å². The molecular formula is C26H34F2N4O5. The number of fused-ring (bicyclic) bond motifs is 2. The van der Waals surface area contributed by atoms with Crippen LogP contribution >= 0.6 is 0 Å². The van der Waals surface area contributed by atoms with Crippen LogP contribution < -0.4 is 10.6 Å². The number of nitrogens with zero attached hydrogens (tertiary/aromatic N) is 2. The first-order chi connectivity index (χ1) is 17.5. The Morgan fingerprint density at radius 3 is 2.51 bits per heavy atom. The first-order valence-electron chi connectivity index (χ1n) is 13.2. The SMILES string of the molecule is CNC(=O)NC1=CC=C2C(CC[C@]23CN(CC(=O)N2[C@@H](C)CC[C@H]2C2CCC(F)(F)CC2)C(=O)O3)C1=O. The first-order valence-corrected chi connectivity index (χ1v) is 13.2. The van der Waals surface area contributed by atoms with Crippen molar-refractivity contribution in [2.24, 2.45) is 11.8 Å². The molecule has 37 heavy (non-hydrogen) atoms. The smallest absolute Gasteiger partial charge is 0.411 e. The number of rotatable bonds is 4. The second kappa shape index (κ2) is 9.40. The van der Waals surface area contributed by atoms with Gasteiger partial charge in [-0.1, -0.05) is 6.08 Å². The molecule has 0 aromatic carbocycles. The number of likely N-dealkylation sites (tertiary alicyclic amines) is 1. The van der Waals surface area contributed by atoms with Crippen LogP contribution in [-0.4, -0.2) is 77.4 Å². The number of Topliss-reactive ketones (excluding diaryl/α,β-unsaturated/α-hetero) is 1. The van der Waals surface area contributed by atoms with E-state index < -0.39 is 29.6 Å². The Balaban J connectivity index is 1.27. The fourth-order valence-electron chi connectivity index (χ4n) is 6.91. The number of allylic oxidation sites excluding steroid dienone is 3. The number of hydrogen-bond acceptors (Lipinski definition) is 5. The van der Waals surface area contributed by atoms with Crippen LogP contribution in [0.15, 0.2) is 23.4 Å². The standard InChI is InChI=1S/C26H34F2N4O5/c1-15-3-6-20(16-7-11-26(27,28)12-8-16)32(15)21(33)13-31-14-25(37-24(31)36)10-9-17-18(25)4-5-19(22(17)34)30-23(35)29-2/h4-5,15-17,20H,3,6-14H2,1-2H3,(H2,29,30,35)/t15-,17?,20-,25-/m0/s1. The molecule has 1 unspecified atom stereocenters. The lowest BCUT2D eigenvalue weighted by atomic mass is 9.81. The third-order valence-corrected chi connectivity index (χ3v) is 8.84. The van der Waals surface area contributed by atoms with Crippen molar-refractivity contribution in [1.82, 2.24) is 20.4 Å². The molecule has 0 radical (unpaired) electrons. The number of hydrogen-bond donors (Lipinski definition) is 2. The van der Waals surface area contributed by atoms with Gasteiger partial charge < -0.3 is 20.3 Å². The zero-order chi connectivity index (χ0) is 26.5. The van der Waals surface area contributed by atoms with Crippen molar-refractivity contribution < 1.29 is 32.7 Å². The molecule has 2 aliphatic heterocycles. The molecule has 9 nitrogen and oxygen atoms in total. The molecule has 0 aromatic heterocycles. The fourth-order valence-corrected chi connectivity index (χ4v) is 6.91. The van der Waals surface area contributed by atoms with Crippen LogP contribution in [0, 0.1) is 11.8 Å². The molecule has 4 fully saturated rings. The monoisotopic (exact) mass is 520 g/mol. The van der Waals surface area contributed by atoms with Crippen molar-refractivity contribution in [2.75, 3.05) is 20.1 Å². The Labute approximate surface area is 214 Å². The summed E-state index contributed by atoms with van der Waals surface area (Å²) in [7, 11) is 1.46. The molecule has 2 saturated carbocycles. The van der Waals surface area contributed by atoms with Crippen molar-refractivity contribution in [3.05, 3.63) is 23.4 Å². The van der Waals surface area contributed by atoms with Gasteiger partial charge in [0.25, 0.3) is 0 Å². The number of carbonyl (C=O) groups is 4. The van der Waals surface area contributed by atoms with E-state index in [2.05, 4.69) is 10.6 Å². The normalized spacial score (nSPS) is 33.2. The maximum Gasteiger partial charge on any atom is 0.411 e. The van der Waals surface area contributed by atoms with Gasteiger partial charge in [-0.3, -0.25) is 14.5 Å². The minimum absolute atomic E-state index is 0.0153. The molecule has 0 bridgehead atoms. The van der Waals surface area contributed by atoms with Gasteiger partial charge in [0, 0.05) is 37.9 Å². The van der Waals surface area contributed by atoms with E-state index in [-0.39, 0.29) is 61.3 Å². The lowest BCUT2D eigenvalue weighted by molar-refractivity contribution is -0.136. The summed E-state index contributed by atoms with van der Waals surface area (Å²) in [5.74, 6) is -3.49. The number of alkyl halides is 2. The highest BCUT2D eigenvalue weighted by Crippen LogP contribution is 2.48. The fraction of sp³-hybridized carbons (Fsp3) is 0.692. The third-order valence-electron chi connectivity index (χ3n) is 8.84. The average molecular weight is 521 g/mol. The van der Waals surface area contributed by atoms with Gasteiger partial charge in [-0.15, -0.1) is 0 Å². The van der Waals surface area contributed by atoms with Crippen LogP contribution in [0.2, 0.25) is 0 Å². The van der Waals surface area contributed by atoms with Gasteiger partial charge in [0.1, 0.15) is 6.54 Å². The van der Waals surface area contributed by atoms with Gasteiger partial charge in [0.15, 0.2) is 11.4 Å². The Morgan fingerprint density at radius 2 is 1.81 bits per heavy atom. The molecular weight excluding hydrogens is 486 g/mol. The number of halogens is 2. The topological polar surface area (TPSA) is 108 Å². The van der Waals surface area contributed by atoms with Crippen molar-refractivity contribution >= 4 is 23.8 Å². The molecule has 11 heteroatoms. The second-order valence-electron chi connectivity index (χ2n) is 11.1. The minimum atomic E-state index is -2.62. The van der Waals surface area contributed by atoms with E-state index in [1.54, 1.807) is 6.08 Å². The minimum Gasteiger partial charge on any atom is -0.436 e. The number of urea groups is 1. The van der Waals surface area contributed by atoms with Gasteiger partial charge in [0.2, 0.25) is 11.8 Å². The van der Waals surface area contributed by atoms with Crippen molar-refractivity contribution in [3.8, 4) is 0 Å². The van der Waals surface area contributed by atoms with Crippen molar-refractivity contribution in [2.45, 2.75) is 81.9 Å².